The van der Waals surface area contributed by atoms with E-state index in [-0.39, 0.29) is 23.8 Å². The summed E-state index contributed by atoms with van der Waals surface area (Å²) in [6.07, 6.45) is 4.20. The second kappa shape index (κ2) is 5.87. The Morgan fingerprint density at radius 1 is 1.26 bits per heavy atom. The Hall–Kier alpha value is -2.04. The predicted molar refractivity (Wildman–Crippen MR) is 85.2 cm³/mol. The van der Waals surface area contributed by atoms with Crippen LogP contribution in [0.4, 0.5) is 0 Å². The molecule has 2 aliphatic heterocycles. The van der Waals surface area contributed by atoms with Gasteiger partial charge in [0.05, 0.1) is 24.1 Å². The number of benzene rings is 1. The molecule has 3 aliphatic rings. The lowest BCUT2D eigenvalue weighted by atomic mass is 9.91. The number of nitrogens with one attached hydrogen (secondary N) is 1. The maximum Gasteiger partial charge on any atom is 0.257 e. The highest BCUT2D eigenvalue weighted by Crippen LogP contribution is 2.32. The number of rotatable bonds is 4. The van der Waals surface area contributed by atoms with Gasteiger partial charge in [0.1, 0.15) is 5.75 Å². The number of amides is 2. The Morgan fingerprint density at radius 2 is 2.09 bits per heavy atom. The molecule has 1 N–H and O–H groups in total. The summed E-state index contributed by atoms with van der Waals surface area (Å²) >= 11 is 0. The molecule has 3 fully saturated rings. The monoisotopic (exact) mass is 314 g/mol. The first-order valence-corrected chi connectivity index (χ1v) is 8.54. The molecule has 1 saturated carbocycles. The third-order valence-corrected chi connectivity index (χ3v) is 5.15. The van der Waals surface area contributed by atoms with E-state index in [2.05, 4.69) is 5.32 Å². The van der Waals surface area contributed by atoms with Crippen LogP contribution in [0, 0.1) is 11.8 Å². The second-order valence-corrected chi connectivity index (χ2v) is 6.81. The molecule has 0 aromatic heterocycles. The van der Waals surface area contributed by atoms with Gasteiger partial charge in [-0.15, -0.1) is 0 Å². The fourth-order valence-electron chi connectivity index (χ4n) is 3.62. The van der Waals surface area contributed by atoms with Crippen LogP contribution in [0.5, 0.6) is 5.75 Å². The van der Waals surface area contributed by atoms with Gasteiger partial charge in [0.2, 0.25) is 5.91 Å². The van der Waals surface area contributed by atoms with Crippen LogP contribution in [0.15, 0.2) is 24.3 Å². The van der Waals surface area contributed by atoms with Crippen LogP contribution in [-0.2, 0) is 4.79 Å². The van der Waals surface area contributed by atoms with Gasteiger partial charge in [0, 0.05) is 13.1 Å². The van der Waals surface area contributed by atoms with Crippen molar-refractivity contribution in [1.29, 1.82) is 0 Å². The largest absolute Gasteiger partial charge is 0.492 e. The van der Waals surface area contributed by atoms with Crippen LogP contribution in [0.25, 0.3) is 0 Å². The summed E-state index contributed by atoms with van der Waals surface area (Å²) in [6, 6.07) is 7.46. The van der Waals surface area contributed by atoms with E-state index in [4.69, 9.17) is 4.74 Å². The van der Waals surface area contributed by atoms with Crippen LogP contribution < -0.4 is 10.1 Å². The normalized spacial score (nSPS) is 26.6. The maximum absolute atomic E-state index is 13.0. The topological polar surface area (TPSA) is 58.6 Å². The second-order valence-electron chi connectivity index (χ2n) is 6.81. The molecule has 4 rings (SSSR count). The van der Waals surface area contributed by atoms with Crippen LogP contribution >= 0.6 is 0 Å². The van der Waals surface area contributed by atoms with Gasteiger partial charge in [0.25, 0.3) is 5.91 Å². The predicted octanol–water partition coefficient (Wildman–Crippen LogP) is 1.83. The van der Waals surface area contributed by atoms with Crippen molar-refractivity contribution in [2.45, 2.75) is 31.7 Å². The van der Waals surface area contributed by atoms with Gasteiger partial charge >= 0.3 is 0 Å². The van der Waals surface area contributed by atoms with Crippen LogP contribution in [-0.4, -0.2) is 42.5 Å². The van der Waals surface area contributed by atoms with Crippen molar-refractivity contribution in [3.05, 3.63) is 29.8 Å². The molecule has 0 bridgehead atoms. The molecule has 0 unspecified atom stereocenters. The summed E-state index contributed by atoms with van der Waals surface area (Å²) < 4.78 is 5.88. The SMILES string of the molecule is O=C1NC[C@@H]2[C@H]1CCCN2C(=O)c1ccccc1OCC1CC1. The van der Waals surface area contributed by atoms with Crippen molar-refractivity contribution in [2.24, 2.45) is 11.8 Å². The van der Waals surface area contributed by atoms with E-state index in [0.29, 0.717) is 36.9 Å². The Morgan fingerprint density at radius 3 is 2.91 bits per heavy atom. The van der Waals surface area contributed by atoms with Crippen molar-refractivity contribution in [1.82, 2.24) is 10.2 Å². The highest BCUT2D eigenvalue weighted by atomic mass is 16.5. The highest BCUT2D eigenvalue weighted by molar-refractivity contribution is 5.98. The Balaban J connectivity index is 1.54. The van der Waals surface area contributed by atoms with E-state index in [0.717, 1.165) is 12.8 Å². The Bertz CT molecular complexity index is 626. The number of ether oxygens (including phenoxy) is 1. The zero-order valence-corrected chi connectivity index (χ0v) is 13.2. The average Bonchev–Trinajstić information content (AvgIpc) is 3.35. The number of likely N-dealkylation sites (tertiary alicyclic amines) is 1. The van der Waals surface area contributed by atoms with E-state index >= 15 is 0 Å². The Labute approximate surface area is 136 Å². The van der Waals surface area contributed by atoms with Gasteiger partial charge in [-0.2, -0.15) is 0 Å². The van der Waals surface area contributed by atoms with Crippen LogP contribution in [0.1, 0.15) is 36.0 Å². The van der Waals surface area contributed by atoms with Crippen molar-refractivity contribution in [2.75, 3.05) is 19.7 Å². The number of piperidine rings is 1. The van der Waals surface area contributed by atoms with Gasteiger partial charge < -0.3 is 15.0 Å². The fourth-order valence-corrected chi connectivity index (χ4v) is 3.62. The summed E-state index contributed by atoms with van der Waals surface area (Å²) in [6.45, 7) is 1.97. The standard InChI is InChI=1S/C18H22N2O3/c21-17-13-5-3-9-20(15(13)10-19-17)18(22)14-4-1-2-6-16(14)23-11-12-7-8-12/h1-2,4,6,12-13,15H,3,5,7-11H2,(H,19,21)/t13-,15-/m1/s1. The molecule has 2 amide bonds. The maximum atomic E-state index is 13.0. The smallest absolute Gasteiger partial charge is 0.257 e. The molecule has 5 nitrogen and oxygen atoms in total. The molecule has 0 radical (unpaired) electrons. The molecular formula is C18H22N2O3. The molecule has 0 spiro atoms. The summed E-state index contributed by atoms with van der Waals surface area (Å²) in [5.41, 5.74) is 0.619. The number of hydrogen-bond acceptors (Lipinski definition) is 3. The number of carbonyl (C=O) groups is 2. The third kappa shape index (κ3) is 2.80. The van der Waals surface area contributed by atoms with Crippen molar-refractivity contribution in [3.63, 3.8) is 0 Å². The first-order chi connectivity index (χ1) is 11.2. The van der Waals surface area contributed by atoms with E-state index < -0.39 is 0 Å². The van der Waals surface area contributed by atoms with Crippen LogP contribution in [0.2, 0.25) is 0 Å². The lowest BCUT2D eigenvalue weighted by molar-refractivity contribution is -0.123. The average molecular weight is 314 g/mol. The van der Waals surface area contributed by atoms with Gasteiger partial charge in [-0.1, -0.05) is 12.1 Å². The molecule has 1 aliphatic carbocycles. The molecule has 1 aromatic rings. The van der Waals surface area contributed by atoms with Gasteiger partial charge in [-0.3, -0.25) is 9.59 Å². The number of carbonyl (C=O) groups excluding carboxylic acids is 2. The lowest BCUT2D eigenvalue weighted by Crippen LogP contribution is -2.48. The minimum Gasteiger partial charge on any atom is -0.492 e. The summed E-state index contributed by atoms with van der Waals surface area (Å²) in [5.74, 6) is 1.35. The number of hydrogen-bond donors (Lipinski definition) is 1. The van der Waals surface area contributed by atoms with Crippen LogP contribution in [0.3, 0.4) is 0 Å². The lowest BCUT2D eigenvalue weighted by Gasteiger charge is -2.36. The quantitative estimate of drug-likeness (QED) is 0.922. The number of para-hydroxylation sites is 1. The highest BCUT2D eigenvalue weighted by Gasteiger charge is 2.43. The number of nitrogens with zero attached hydrogens (tertiary/aromatic N) is 1. The molecule has 2 saturated heterocycles. The molecule has 2 atom stereocenters. The molecular weight excluding hydrogens is 292 g/mol. The van der Waals surface area contributed by atoms with Gasteiger partial charge in [-0.05, 0) is 43.7 Å². The van der Waals surface area contributed by atoms with Gasteiger partial charge in [-0.25, -0.2) is 0 Å². The first-order valence-electron chi connectivity index (χ1n) is 8.54. The van der Waals surface area contributed by atoms with E-state index in [1.165, 1.54) is 12.8 Å². The molecule has 2 heterocycles. The van der Waals surface area contributed by atoms with Crippen molar-refractivity contribution < 1.29 is 14.3 Å². The van der Waals surface area contributed by atoms with E-state index in [1.807, 2.05) is 29.2 Å². The zero-order valence-electron chi connectivity index (χ0n) is 13.2. The third-order valence-electron chi connectivity index (χ3n) is 5.15. The van der Waals surface area contributed by atoms with E-state index in [1.54, 1.807) is 0 Å². The van der Waals surface area contributed by atoms with E-state index in [9.17, 15) is 9.59 Å². The molecule has 23 heavy (non-hydrogen) atoms. The molecule has 5 heteroatoms. The summed E-state index contributed by atoms with van der Waals surface area (Å²) in [7, 11) is 0. The Kier molecular flexibility index (Phi) is 3.71. The zero-order chi connectivity index (χ0) is 15.8. The molecule has 122 valence electrons. The number of fused-ring (bicyclic) bond motifs is 1. The van der Waals surface area contributed by atoms with Crippen molar-refractivity contribution in [3.8, 4) is 5.75 Å². The first kappa shape index (κ1) is 14.5. The fraction of sp³-hybridized carbons (Fsp3) is 0.556. The van der Waals surface area contributed by atoms with Crippen molar-refractivity contribution >= 4 is 11.8 Å². The minimum absolute atomic E-state index is 0.0115. The summed E-state index contributed by atoms with van der Waals surface area (Å²) in [4.78, 5) is 26.8. The molecule has 1 aromatic carbocycles. The summed E-state index contributed by atoms with van der Waals surface area (Å²) in [5, 5.41) is 2.90. The van der Waals surface area contributed by atoms with Gasteiger partial charge in [0.15, 0.2) is 0 Å². The minimum atomic E-state index is -0.0488.